The molecule has 8 nitrogen and oxygen atoms in total. The number of hydrogen-bond acceptors (Lipinski definition) is 6. The molecule has 1 saturated heterocycles. The van der Waals surface area contributed by atoms with E-state index in [1.165, 1.54) is 53.7 Å². The number of carbonyl (C=O) groups is 2. The molecule has 14 heteroatoms. The molecule has 0 radical (unpaired) electrons. The molecule has 0 spiro atoms. The maximum atomic E-state index is 14.0. The van der Waals surface area contributed by atoms with Gasteiger partial charge in [0.25, 0.3) is 5.91 Å². The van der Waals surface area contributed by atoms with E-state index in [1.807, 2.05) is 0 Å². The summed E-state index contributed by atoms with van der Waals surface area (Å²) >= 11 is 0. The van der Waals surface area contributed by atoms with Crippen LogP contribution in [0.4, 0.5) is 32.2 Å². The standard InChI is InChI=1S/C30H25F6N5O3/c31-29(32,33)21-7-9-41(10-8-21)28(43)18-3-4-24(38-15-18)19-11-20-12-22(44-27(20)23(13-19)30(34,35)36)16-40-26(42)6-2-17-1-5-25(37)39-14-17/h1-6,11-15,21H,7-10,16H2,(H2,37,39)(H,40,42). The third-order valence-electron chi connectivity index (χ3n) is 7.20. The van der Waals surface area contributed by atoms with Crippen LogP contribution in [0.1, 0.15) is 40.1 Å². The number of piperidine rings is 1. The number of nitrogens with two attached hydrogens (primary N) is 1. The van der Waals surface area contributed by atoms with E-state index in [1.54, 1.807) is 12.1 Å². The van der Waals surface area contributed by atoms with E-state index in [2.05, 4.69) is 15.3 Å². The number of rotatable bonds is 6. The first kappa shape index (κ1) is 30.6. The van der Waals surface area contributed by atoms with Crippen molar-refractivity contribution in [1.29, 1.82) is 0 Å². The predicted octanol–water partition coefficient (Wildman–Crippen LogP) is 6.23. The minimum absolute atomic E-state index is 0.0595. The number of nitrogen functional groups attached to an aromatic ring is 1. The van der Waals surface area contributed by atoms with E-state index >= 15 is 0 Å². The molecule has 230 valence electrons. The van der Waals surface area contributed by atoms with Crippen LogP contribution in [0.25, 0.3) is 28.3 Å². The van der Waals surface area contributed by atoms with E-state index in [9.17, 15) is 35.9 Å². The molecule has 1 fully saturated rings. The number of amides is 2. The van der Waals surface area contributed by atoms with Gasteiger partial charge in [-0.1, -0.05) is 0 Å². The maximum Gasteiger partial charge on any atom is 0.420 e. The van der Waals surface area contributed by atoms with E-state index < -0.39 is 41.2 Å². The Morgan fingerprint density at radius 3 is 2.36 bits per heavy atom. The number of carbonyl (C=O) groups excluding carboxylic acids is 2. The van der Waals surface area contributed by atoms with Crippen molar-refractivity contribution in [3.8, 4) is 11.3 Å². The summed E-state index contributed by atoms with van der Waals surface area (Å²) < 4.78 is 86.3. The molecule has 1 aromatic carbocycles. The molecule has 44 heavy (non-hydrogen) atoms. The summed E-state index contributed by atoms with van der Waals surface area (Å²) in [6.07, 6.45) is -4.09. The second-order valence-electron chi connectivity index (χ2n) is 10.3. The van der Waals surface area contributed by atoms with Crippen LogP contribution >= 0.6 is 0 Å². The Bertz CT molecular complexity index is 1690. The fraction of sp³-hybridized carbons (Fsp3) is 0.267. The van der Waals surface area contributed by atoms with Gasteiger partial charge >= 0.3 is 12.4 Å². The molecule has 0 saturated carbocycles. The summed E-state index contributed by atoms with van der Waals surface area (Å²) in [4.78, 5) is 34.4. The van der Waals surface area contributed by atoms with Crippen molar-refractivity contribution in [3.63, 3.8) is 0 Å². The maximum absolute atomic E-state index is 14.0. The molecule has 4 aromatic rings. The van der Waals surface area contributed by atoms with Gasteiger partial charge in [-0.05, 0) is 66.9 Å². The first-order valence-electron chi connectivity index (χ1n) is 13.4. The van der Waals surface area contributed by atoms with Gasteiger partial charge < -0.3 is 20.4 Å². The van der Waals surface area contributed by atoms with Gasteiger partial charge in [-0.2, -0.15) is 26.3 Å². The van der Waals surface area contributed by atoms with E-state index in [0.717, 1.165) is 6.07 Å². The predicted molar refractivity (Wildman–Crippen MR) is 149 cm³/mol. The average molecular weight is 618 g/mol. The second-order valence-corrected chi connectivity index (χ2v) is 10.3. The Kier molecular flexibility index (Phi) is 8.35. The van der Waals surface area contributed by atoms with Crippen molar-refractivity contribution in [2.75, 3.05) is 18.8 Å². The lowest BCUT2D eigenvalue weighted by Gasteiger charge is -2.32. The van der Waals surface area contributed by atoms with Crippen LogP contribution in [0.3, 0.4) is 0 Å². The Balaban J connectivity index is 1.31. The monoisotopic (exact) mass is 617 g/mol. The number of halogens is 6. The number of nitrogens with zero attached hydrogens (tertiary/aromatic N) is 3. The minimum Gasteiger partial charge on any atom is -0.459 e. The van der Waals surface area contributed by atoms with Crippen molar-refractivity contribution >= 4 is 34.7 Å². The molecule has 0 unspecified atom stereocenters. The van der Waals surface area contributed by atoms with Crippen molar-refractivity contribution in [2.24, 2.45) is 5.92 Å². The number of anilines is 1. The molecule has 1 aliphatic rings. The lowest BCUT2D eigenvalue weighted by molar-refractivity contribution is -0.183. The lowest BCUT2D eigenvalue weighted by atomic mass is 9.96. The molecular weight excluding hydrogens is 592 g/mol. The number of alkyl halides is 6. The van der Waals surface area contributed by atoms with Gasteiger partial charge in [-0.25, -0.2) is 4.98 Å². The summed E-state index contributed by atoms with van der Waals surface area (Å²) in [5.74, 6) is -2.07. The number of pyridine rings is 2. The van der Waals surface area contributed by atoms with Crippen LogP contribution in [0.15, 0.2) is 65.4 Å². The van der Waals surface area contributed by atoms with Crippen LogP contribution in [0, 0.1) is 5.92 Å². The van der Waals surface area contributed by atoms with E-state index in [4.69, 9.17) is 10.2 Å². The molecule has 1 aliphatic heterocycles. The number of furan rings is 1. The highest BCUT2D eigenvalue weighted by atomic mass is 19.4. The van der Waals surface area contributed by atoms with Gasteiger partial charge in [0.1, 0.15) is 17.2 Å². The molecule has 3 N–H and O–H groups in total. The van der Waals surface area contributed by atoms with Gasteiger partial charge in [0.05, 0.1) is 29.3 Å². The van der Waals surface area contributed by atoms with E-state index in [0.29, 0.717) is 11.4 Å². The third kappa shape index (κ3) is 7.01. The summed E-state index contributed by atoms with van der Waals surface area (Å²) in [5.41, 5.74) is 5.04. The smallest absolute Gasteiger partial charge is 0.420 e. The SMILES string of the molecule is Nc1ccc(C=CC(=O)NCc2cc3cc(-c4ccc(C(=O)N5CCC(C(F)(F)F)CC5)cn4)cc(C(F)(F)F)c3o2)cn1. The van der Waals surface area contributed by atoms with Gasteiger partial charge in [-0.3, -0.25) is 14.6 Å². The van der Waals surface area contributed by atoms with Gasteiger partial charge in [0, 0.05) is 42.5 Å². The Labute approximate surface area is 246 Å². The highest BCUT2D eigenvalue weighted by Crippen LogP contribution is 2.39. The fourth-order valence-electron chi connectivity index (χ4n) is 4.86. The molecule has 0 aliphatic carbocycles. The zero-order valence-electron chi connectivity index (χ0n) is 22.9. The Morgan fingerprint density at radius 1 is 1.00 bits per heavy atom. The van der Waals surface area contributed by atoms with Gasteiger partial charge in [-0.15, -0.1) is 0 Å². The molecule has 4 heterocycles. The van der Waals surface area contributed by atoms with Crippen molar-refractivity contribution in [1.82, 2.24) is 20.2 Å². The summed E-state index contributed by atoms with van der Waals surface area (Å²) in [5, 5.41) is 2.67. The van der Waals surface area contributed by atoms with Gasteiger partial charge in [0.2, 0.25) is 5.91 Å². The molecular formula is C30H25F6N5O3. The molecule has 0 bridgehead atoms. The van der Waals surface area contributed by atoms with Gasteiger partial charge in [0.15, 0.2) is 0 Å². The number of aromatic nitrogens is 2. The summed E-state index contributed by atoms with van der Waals surface area (Å²) in [7, 11) is 0. The largest absolute Gasteiger partial charge is 0.459 e. The van der Waals surface area contributed by atoms with Crippen LogP contribution in [-0.2, 0) is 17.5 Å². The quantitative estimate of drug-likeness (QED) is 0.196. The number of benzene rings is 1. The van der Waals surface area contributed by atoms with E-state index in [-0.39, 0.29) is 60.4 Å². The Morgan fingerprint density at radius 2 is 1.75 bits per heavy atom. The minimum atomic E-state index is -4.78. The molecule has 2 amide bonds. The van der Waals surface area contributed by atoms with Crippen LogP contribution < -0.4 is 11.1 Å². The fourth-order valence-corrected chi connectivity index (χ4v) is 4.86. The van der Waals surface area contributed by atoms with Crippen molar-refractivity contribution in [3.05, 3.63) is 83.4 Å². The molecule has 0 atom stereocenters. The highest BCUT2D eigenvalue weighted by molar-refractivity contribution is 5.94. The second kappa shape index (κ2) is 12.0. The average Bonchev–Trinajstić information content (AvgIpc) is 3.41. The van der Waals surface area contributed by atoms with Crippen LogP contribution in [0.5, 0.6) is 0 Å². The number of hydrogen-bond donors (Lipinski definition) is 2. The zero-order valence-corrected chi connectivity index (χ0v) is 22.9. The number of likely N-dealkylation sites (tertiary alicyclic amines) is 1. The topological polar surface area (TPSA) is 114 Å². The molecule has 5 rings (SSSR count). The normalized spacial score (nSPS) is 14.8. The summed E-state index contributed by atoms with van der Waals surface area (Å²) in [6, 6.07) is 9.68. The third-order valence-corrected chi connectivity index (χ3v) is 7.20. The van der Waals surface area contributed by atoms with Crippen molar-refractivity contribution in [2.45, 2.75) is 31.7 Å². The highest BCUT2D eigenvalue weighted by Gasteiger charge is 2.42. The first-order chi connectivity index (χ1) is 20.8. The Hall–Kier alpha value is -4.88. The molecule has 3 aromatic heterocycles. The van der Waals surface area contributed by atoms with Crippen LogP contribution in [-0.4, -0.2) is 45.9 Å². The summed E-state index contributed by atoms with van der Waals surface area (Å²) in [6.45, 7) is -0.300. The zero-order chi connectivity index (χ0) is 31.6. The van der Waals surface area contributed by atoms with Crippen molar-refractivity contribution < 1.29 is 40.3 Å². The number of fused-ring (bicyclic) bond motifs is 1. The number of nitrogens with one attached hydrogen (secondary N) is 1. The first-order valence-corrected chi connectivity index (χ1v) is 13.4. The van der Waals surface area contributed by atoms with Crippen LogP contribution in [0.2, 0.25) is 0 Å². The lowest BCUT2D eigenvalue weighted by Crippen LogP contribution is -2.42.